The molecule has 1 aromatic rings. The van der Waals surface area contributed by atoms with Crippen LogP contribution in [0, 0.1) is 18.6 Å². The second-order valence-electron chi connectivity index (χ2n) is 3.19. The van der Waals surface area contributed by atoms with Gasteiger partial charge in [0, 0.05) is 10.7 Å². The Kier molecular flexibility index (Phi) is 3.67. The first-order valence-corrected chi connectivity index (χ1v) is 6.64. The molecule has 0 saturated carbocycles. The Labute approximate surface area is 91.3 Å². The molecule has 0 aliphatic rings. The van der Waals surface area contributed by atoms with E-state index in [-0.39, 0.29) is 17.5 Å². The highest BCUT2D eigenvalue weighted by Gasteiger charge is 2.11. The molecule has 1 aromatic carbocycles. The Morgan fingerprint density at radius 1 is 1.27 bits per heavy atom. The Bertz CT molecular complexity index is 471. The van der Waals surface area contributed by atoms with Gasteiger partial charge in [-0.05, 0) is 36.6 Å². The molecule has 0 bridgehead atoms. The fourth-order valence-corrected chi connectivity index (χ4v) is 1.81. The third-order valence-corrected chi connectivity index (χ3v) is 3.10. The summed E-state index contributed by atoms with van der Waals surface area (Å²) < 4.78 is 47.5. The van der Waals surface area contributed by atoms with Gasteiger partial charge < -0.3 is 0 Å². The van der Waals surface area contributed by atoms with Gasteiger partial charge in [-0.25, -0.2) is 17.2 Å². The molecular weight excluding hydrogens is 246 g/mol. The van der Waals surface area contributed by atoms with Gasteiger partial charge in [-0.15, -0.1) is 0 Å². The minimum Gasteiger partial charge on any atom is -0.212 e. The van der Waals surface area contributed by atoms with E-state index in [1.54, 1.807) is 0 Å². The number of hydrogen-bond donors (Lipinski definition) is 0. The van der Waals surface area contributed by atoms with Crippen LogP contribution in [0.3, 0.4) is 0 Å². The first-order chi connectivity index (χ1) is 6.79. The van der Waals surface area contributed by atoms with Crippen LogP contribution in [0.15, 0.2) is 12.1 Å². The van der Waals surface area contributed by atoms with E-state index in [0.717, 1.165) is 12.1 Å². The lowest BCUT2D eigenvalue weighted by atomic mass is 10.1. The lowest BCUT2D eigenvalue weighted by Gasteiger charge is -2.04. The maximum absolute atomic E-state index is 13.2. The first-order valence-electron chi connectivity index (χ1n) is 4.16. The van der Waals surface area contributed by atoms with Crippen LogP contribution < -0.4 is 0 Å². The average molecular weight is 255 g/mol. The third kappa shape index (κ3) is 3.76. The van der Waals surface area contributed by atoms with Gasteiger partial charge in [0.15, 0.2) is 0 Å². The minimum absolute atomic E-state index is 0.0160. The van der Waals surface area contributed by atoms with Gasteiger partial charge in [-0.1, -0.05) is 0 Å². The molecule has 0 aliphatic heterocycles. The standard InChI is InChI=1S/C9H9ClF2O2S/c1-6-4-9(12)7(5-8(6)11)2-3-15(10,13)14/h4-5H,2-3H2,1H3. The van der Waals surface area contributed by atoms with Crippen LogP contribution in [0.2, 0.25) is 0 Å². The predicted molar refractivity (Wildman–Crippen MR) is 54.4 cm³/mol. The number of rotatable bonds is 3. The highest BCUT2D eigenvalue weighted by atomic mass is 35.7. The van der Waals surface area contributed by atoms with Crippen LogP contribution in [0.1, 0.15) is 11.1 Å². The molecule has 0 saturated heterocycles. The molecule has 2 nitrogen and oxygen atoms in total. The van der Waals surface area contributed by atoms with Crippen LogP contribution in [0.4, 0.5) is 8.78 Å². The molecule has 1 rings (SSSR count). The Balaban J connectivity index is 2.91. The van der Waals surface area contributed by atoms with Crippen molar-refractivity contribution in [3.05, 3.63) is 34.9 Å². The van der Waals surface area contributed by atoms with Crippen LogP contribution >= 0.6 is 10.7 Å². The molecular formula is C9H9ClF2O2S. The first kappa shape index (κ1) is 12.4. The molecule has 15 heavy (non-hydrogen) atoms. The van der Waals surface area contributed by atoms with E-state index in [1.165, 1.54) is 6.92 Å². The van der Waals surface area contributed by atoms with Crippen LogP contribution in [-0.4, -0.2) is 14.2 Å². The smallest absolute Gasteiger partial charge is 0.212 e. The van der Waals surface area contributed by atoms with Crippen molar-refractivity contribution in [3.8, 4) is 0 Å². The van der Waals surface area contributed by atoms with E-state index in [0.29, 0.717) is 0 Å². The predicted octanol–water partition coefficient (Wildman–Crippen LogP) is 2.38. The van der Waals surface area contributed by atoms with Crippen molar-refractivity contribution in [1.82, 2.24) is 0 Å². The largest absolute Gasteiger partial charge is 0.232 e. The summed E-state index contributed by atoms with van der Waals surface area (Å²) in [5.74, 6) is -1.58. The number of aryl methyl sites for hydroxylation is 2. The van der Waals surface area contributed by atoms with Crippen molar-refractivity contribution >= 4 is 19.7 Å². The van der Waals surface area contributed by atoms with Crippen molar-refractivity contribution in [2.75, 3.05) is 5.75 Å². The van der Waals surface area contributed by atoms with Crippen molar-refractivity contribution in [2.45, 2.75) is 13.3 Å². The van der Waals surface area contributed by atoms with E-state index < -0.39 is 26.4 Å². The molecule has 0 aromatic heterocycles. The van der Waals surface area contributed by atoms with E-state index >= 15 is 0 Å². The maximum atomic E-state index is 13.2. The summed E-state index contributed by atoms with van der Waals surface area (Å²) in [4.78, 5) is 0. The van der Waals surface area contributed by atoms with Crippen molar-refractivity contribution in [2.24, 2.45) is 0 Å². The summed E-state index contributed by atoms with van der Waals surface area (Å²) in [6.07, 6.45) is -0.130. The topological polar surface area (TPSA) is 34.1 Å². The monoisotopic (exact) mass is 254 g/mol. The van der Waals surface area contributed by atoms with Gasteiger partial charge in [-0.2, -0.15) is 0 Å². The third-order valence-electron chi connectivity index (χ3n) is 1.94. The average Bonchev–Trinajstić information content (AvgIpc) is 2.07. The quantitative estimate of drug-likeness (QED) is 0.776. The van der Waals surface area contributed by atoms with Gasteiger partial charge in [0.05, 0.1) is 5.75 Å². The zero-order valence-corrected chi connectivity index (χ0v) is 9.50. The summed E-state index contributed by atoms with van der Waals surface area (Å²) in [5, 5.41) is 0. The van der Waals surface area contributed by atoms with Crippen LogP contribution in [0.5, 0.6) is 0 Å². The minimum atomic E-state index is -3.68. The molecule has 84 valence electrons. The van der Waals surface area contributed by atoms with Crippen LogP contribution in [0.25, 0.3) is 0 Å². The molecule has 0 spiro atoms. The Hall–Kier alpha value is -0.680. The summed E-state index contributed by atoms with van der Waals surface area (Å²) in [7, 11) is 1.28. The Morgan fingerprint density at radius 2 is 1.87 bits per heavy atom. The molecule has 6 heteroatoms. The lowest BCUT2D eigenvalue weighted by Crippen LogP contribution is -2.04. The van der Waals surface area contributed by atoms with Gasteiger partial charge in [0.25, 0.3) is 0 Å². The number of halogens is 3. The fraction of sp³-hybridized carbons (Fsp3) is 0.333. The van der Waals surface area contributed by atoms with E-state index in [1.807, 2.05) is 0 Å². The molecule has 0 atom stereocenters. The summed E-state index contributed by atoms with van der Waals surface area (Å²) in [5.41, 5.74) is 0.201. The zero-order valence-electron chi connectivity index (χ0n) is 7.93. The normalized spacial score (nSPS) is 11.7. The van der Waals surface area contributed by atoms with Crippen molar-refractivity contribution in [3.63, 3.8) is 0 Å². The molecule has 0 radical (unpaired) electrons. The van der Waals surface area contributed by atoms with Crippen molar-refractivity contribution < 1.29 is 17.2 Å². The molecule has 0 amide bonds. The van der Waals surface area contributed by atoms with Gasteiger partial charge in [-0.3, -0.25) is 0 Å². The van der Waals surface area contributed by atoms with Gasteiger partial charge in [0.2, 0.25) is 9.05 Å². The number of benzene rings is 1. The summed E-state index contributed by atoms with van der Waals surface area (Å²) in [6.45, 7) is 1.43. The second kappa shape index (κ2) is 4.45. The number of hydrogen-bond acceptors (Lipinski definition) is 2. The van der Waals surface area contributed by atoms with E-state index in [2.05, 4.69) is 0 Å². The molecule has 0 heterocycles. The van der Waals surface area contributed by atoms with Gasteiger partial charge >= 0.3 is 0 Å². The SMILES string of the molecule is Cc1cc(F)c(CCS(=O)(=O)Cl)cc1F. The van der Waals surface area contributed by atoms with E-state index in [4.69, 9.17) is 10.7 Å². The fourth-order valence-electron chi connectivity index (χ4n) is 1.11. The van der Waals surface area contributed by atoms with Gasteiger partial charge in [0.1, 0.15) is 11.6 Å². The maximum Gasteiger partial charge on any atom is 0.232 e. The molecule has 0 aliphatic carbocycles. The second-order valence-corrected chi connectivity index (χ2v) is 6.08. The summed E-state index contributed by atoms with van der Waals surface area (Å²) in [6, 6.07) is 2.03. The Morgan fingerprint density at radius 3 is 2.40 bits per heavy atom. The zero-order chi connectivity index (χ0) is 11.6. The molecule has 0 unspecified atom stereocenters. The highest BCUT2D eigenvalue weighted by Crippen LogP contribution is 2.15. The molecule has 0 N–H and O–H groups in total. The highest BCUT2D eigenvalue weighted by molar-refractivity contribution is 8.13. The molecule has 0 fully saturated rings. The van der Waals surface area contributed by atoms with Crippen LogP contribution in [-0.2, 0) is 15.5 Å². The lowest BCUT2D eigenvalue weighted by molar-refractivity contribution is 0.578. The summed E-state index contributed by atoms with van der Waals surface area (Å²) >= 11 is 0. The van der Waals surface area contributed by atoms with Crippen molar-refractivity contribution in [1.29, 1.82) is 0 Å². The van der Waals surface area contributed by atoms with E-state index in [9.17, 15) is 17.2 Å².